The van der Waals surface area contributed by atoms with Crippen LogP contribution in [-0.2, 0) is 0 Å². The van der Waals surface area contributed by atoms with Gasteiger partial charge in [0, 0.05) is 27.0 Å². The molecule has 0 unspecified atom stereocenters. The van der Waals surface area contributed by atoms with Gasteiger partial charge in [0.15, 0.2) is 0 Å². The minimum absolute atomic E-state index is 0.161. The van der Waals surface area contributed by atoms with Crippen molar-refractivity contribution in [2.45, 2.75) is 39.5 Å². The van der Waals surface area contributed by atoms with Crippen LogP contribution in [0.2, 0.25) is 10.0 Å². The first-order valence-electron chi connectivity index (χ1n) is 9.16. The number of hydrogen-bond donors (Lipinski definition) is 0. The van der Waals surface area contributed by atoms with Crippen molar-refractivity contribution in [3.05, 3.63) is 52.0 Å². The Bertz CT molecular complexity index is 758. The molecule has 0 saturated carbocycles. The van der Waals surface area contributed by atoms with Gasteiger partial charge in [-0.25, -0.2) is 0 Å². The maximum absolute atomic E-state index is 12.8. The van der Waals surface area contributed by atoms with Gasteiger partial charge in [-0.15, -0.1) is 5.48 Å². The van der Waals surface area contributed by atoms with Gasteiger partial charge in [-0.2, -0.15) is 0 Å². The molecule has 6 heteroatoms. The van der Waals surface area contributed by atoms with Gasteiger partial charge in [0.05, 0.1) is 13.2 Å². The predicted octanol–water partition coefficient (Wildman–Crippen LogP) is 5.46. The molecule has 0 amide bonds. The summed E-state index contributed by atoms with van der Waals surface area (Å²) >= 11 is 12.3. The molecule has 2 aromatic rings. The predicted molar refractivity (Wildman–Crippen MR) is 114 cm³/mol. The largest absolute Gasteiger partial charge is 0.823 e. The minimum Gasteiger partial charge on any atom is -0.823 e. The highest BCUT2D eigenvalue weighted by molar-refractivity contribution is 7.49. The number of benzene rings is 2. The van der Waals surface area contributed by atoms with Crippen LogP contribution in [0.1, 0.15) is 45.1 Å². The molecular weight excluding hydrogens is 402 g/mol. The summed E-state index contributed by atoms with van der Waals surface area (Å²) in [6, 6.07) is 10.6. The Morgan fingerprint density at radius 2 is 1.59 bits per heavy atom. The summed E-state index contributed by atoms with van der Waals surface area (Å²) in [4.78, 5) is 0. The molecular formula is C21H24Cl2O3P-. The molecule has 2 aromatic carbocycles. The highest BCUT2D eigenvalue weighted by atomic mass is 35.5. The van der Waals surface area contributed by atoms with Gasteiger partial charge in [0.1, 0.15) is 11.5 Å². The molecule has 0 fully saturated rings. The van der Waals surface area contributed by atoms with Gasteiger partial charge < -0.3 is 14.6 Å². The smallest absolute Gasteiger partial charge is 0.134 e. The lowest BCUT2D eigenvalue weighted by molar-refractivity contribution is -0.206. The van der Waals surface area contributed by atoms with Crippen molar-refractivity contribution in [2.75, 3.05) is 13.2 Å². The van der Waals surface area contributed by atoms with Crippen molar-refractivity contribution >= 4 is 42.2 Å². The van der Waals surface area contributed by atoms with E-state index in [9.17, 15) is 5.11 Å². The monoisotopic (exact) mass is 425 g/mol. The van der Waals surface area contributed by atoms with Gasteiger partial charge in [-0.1, -0.05) is 64.2 Å². The fourth-order valence-electron chi connectivity index (χ4n) is 2.32. The second-order valence-electron chi connectivity index (χ2n) is 6.05. The Morgan fingerprint density at radius 1 is 0.963 bits per heavy atom. The molecule has 0 radical (unpaired) electrons. The van der Waals surface area contributed by atoms with Crippen molar-refractivity contribution in [3.8, 4) is 11.5 Å². The lowest BCUT2D eigenvalue weighted by atomic mass is 10.2. The van der Waals surface area contributed by atoms with Gasteiger partial charge >= 0.3 is 0 Å². The van der Waals surface area contributed by atoms with Crippen LogP contribution in [0, 0.1) is 0 Å². The van der Waals surface area contributed by atoms with E-state index in [1.807, 2.05) is 18.2 Å². The summed E-state index contributed by atoms with van der Waals surface area (Å²) in [5, 5.41) is 14.2. The van der Waals surface area contributed by atoms with E-state index in [4.69, 9.17) is 32.7 Å². The zero-order valence-corrected chi connectivity index (χ0v) is 18.0. The van der Waals surface area contributed by atoms with E-state index < -0.39 is 0 Å². The molecule has 0 heterocycles. The topological polar surface area (TPSA) is 41.5 Å². The van der Waals surface area contributed by atoms with Crippen molar-refractivity contribution in [1.29, 1.82) is 0 Å². The Hall–Kier alpha value is -1.25. The summed E-state index contributed by atoms with van der Waals surface area (Å²) in [5.74, 6) is 1.41. The van der Waals surface area contributed by atoms with Crippen LogP contribution in [0.4, 0.5) is 0 Å². The fourth-order valence-corrected chi connectivity index (χ4v) is 3.98. The van der Waals surface area contributed by atoms with Gasteiger partial charge in [0.25, 0.3) is 0 Å². The Morgan fingerprint density at radius 3 is 2.22 bits per heavy atom. The molecule has 0 aromatic heterocycles. The van der Waals surface area contributed by atoms with Gasteiger partial charge in [-0.3, -0.25) is 0 Å². The standard InChI is InChI=1S/C21H25Cl2O3P/c1-3-5-12-25-15-10-11-19(18(14-15)26-13-6-4-2)27-21(24)20-16(22)8-7-9-17(20)23/h7-11,14,24H,3-6,12-13H2,1-2H3/p-1. The van der Waals surface area contributed by atoms with E-state index in [1.54, 1.807) is 18.2 Å². The Balaban J connectivity index is 2.32. The van der Waals surface area contributed by atoms with E-state index in [1.165, 1.54) is 0 Å². The second kappa shape index (κ2) is 11.6. The van der Waals surface area contributed by atoms with Crippen LogP contribution < -0.4 is 19.9 Å². The third-order valence-corrected chi connectivity index (χ3v) is 5.52. The molecule has 0 saturated heterocycles. The van der Waals surface area contributed by atoms with E-state index in [0.29, 0.717) is 42.8 Å². The van der Waals surface area contributed by atoms with Crippen LogP contribution in [0.5, 0.6) is 11.5 Å². The lowest BCUT2D eigenvalue weighted by Gasteiger charge is -2.17. The molecule has 146 valence electrons. The zero-order valence-electron chi connectivity index (χ0n) is 15.6. The number of rotatable bonds is 10. The molecule has 0 aliphatic rings. The van der Waals surface area contributed by atoms with Crippen LogP contribution in [-0.4, -0.2) is 18.7 Å². The average molecular weight is 426 g/mol. The molecule has 2 rings (SSSR count). The minimum atomic E-state index is -0.161. The number of halogens is 2. The number of ether oxygens (including phenoxy) is 2. The van der Waals surface area contributed by atoms with Crippen molar-refractivity contribution < 1.29 is 14.6 Å². The number of hydrogen-bond acceptors (Lipinski definition) is 3. The normalized spacial score (nSPS) is 11.5. The molecule has 0 aliphatic carbocycles. The third kappa shape index (κ3) is 6.69. The molecule has 0 spiro atoms. The average Bonchev–Trinajstić information content (AvgIpc) is 2.64. The maximum Gasteiger partial charge on any atom is 0.134 e. The summed E-state index contributed by atoms with van der Waals surface area (Å²) in [7, 11) is 0.464. The Kier molecular flexibility index (Phi) is 9.44. The first kappa shape index (κ1) is 22.0. The summed E-state index contributed by atoms with van der Waals surface area (Å²) in [5.41, 5.74) is 0.177. The van der Waals surface area contributed by atoms with E-state index in [0.717, 1.165) is 36.7 Å². The number of unbranched alkanes of at least 4 members (excludes halogenated alkanes) is 2. The van der Waals surface area contributed by atoms with Gasteiger partial charge in [0.2, 0.25) is 0 Å². The molecule has 3 nitrogen and oxygen atoms in total. The SMILES string of the molecule is CCCCOc1ccc(P=C([O-])c2c(Cl)cccc2Cl)c(OCCCC)c1. The van der Waals surface area contributed by atoms with Gasteiger partial charge in [-0.05, 0) is 37.1 Å². The highest BCUT2D eigenvalue weighted by Gasteiger charge is 2.08. The van der Waals surface area contributed by atoms with Crippen LogP contribution >= 0.6 is 31.4 Å². The molecule has 0 atom stereocenters. The summed E-state index contributed by atoms with van der Waals surface area (Å²) in [6.45, 7) is 5.49. The van der Waals surface area contributed by atoms with Crippen LogP contribution in [0.25, 0.3) is 0 Å². The third-order valence-electron chi connectivity index (χ3n) is 3.85. The second-order valence-corrected chi connectivity index (χ2v) is 7.97. The molecule has 27 heavy (non-hydrogen) atoms. The first-order valence-corrected chi connectivity index (χ1v) is 10.8. The molecule has 0 N–H and O–H groups in total. The fraction of sp³-hybridized carbons (Fsp3) is 0.381. The molecule has 0 aliphatic heterocycles. The van der Waals surface area contributed by atoms with Crippen molar-refractivity contribution in [3.63, 3.8) is 0 Å². The first-order chi connectivity index (χ1) is 13.1. The van der Waals surface area contributed by atoms with Crippen molar-refractivity contribution in [1.82, 2.24) is 0 Å². The molecule has 0 bridgehead atoms. The van der Waals surface area contributed by atoms with Crippen LogP contribution in [0.3, 0.4) is 0 Å². The van der Waals surface area contributed by atoms with E-state index in [2.05, 4.69) is 13.8 Å². The Labute approximate surface area is 173 Å². The summed E-state index contributed by atoms with van der Waals surface area (Å²) < 4.78 is 11.7. The van der Waals surface area contributed by atoms with Crippen LogP contribution in [0.15, 0.2) is 36.4 Å². The van der Waals surface area contributed by atoms with E-state index in [-0.39, 0.29) is 5.48 Å². The van der Waals surface area contributed by atoms with Crippen molar-refractivity contribution in [2.24, 2.45) is 0 Å². The lowest BCUT2D eigenvalue weighted by Crippen LogP contribution is -2.19. The highest BCUT2D eigenvalue weighted by Crippen LogP contribution is 2.28. The maximum atomic E-state index is 12.8. The quantitative estimate of drug-likeness (QED) is 0.374. The van der Waals surface area contributed by atoms with E-state index >= 15 is 0 Å². The zero-order chi connectivity index (χ0) is 19.6. The summed E-state index contributed by atoms with van der Waals surface area (Å²) in [6.07, 6.45) is 4.05.